The van der Waals surface area contributed by atoms with Gasteiger partial charge in [0.05, 0.1) is 6.61 Å². The molecule has 1 aliphatic heterocycles. The van der Waals surface area contributed by atoms with Gasteiger partial charge in [-0.1, -0.05) is 13.8 Å². The third kappa shape index (κ3) is 4.52. The van der Waals surface area contributed by atoms with E-state index in [1.165, 1.54) is 32.4 Å². The molecule has 1 rings (SSSR count). The third-order valence-electron chi connectivity index (χ3n) is 4.52. The van der Waals surface area contributed by atoms with Crippen molar-refractivity contribution in [2.75, 3.05) is 26.2 Å². The number of rotatable bonds is 9. The molecule has 2 unspecified atom stereocenters. The number of likely N-dealkylation sites (tertiary alicyclic amines) is 1. The second kappa shape index (κ2) is 8.13. The first-order valence-electron chi connectivity index (χ1n) is 7.77. The van der Waals surface area contributed by atoms with Crippen molar-refractivity contribution in [1.82, 2.24) is 10.2 Å². The van der Waals surface area contributed by atoms with Crippen LogP contribution in [0.5, 0.6) is 0 Å². The van der Waals surface area contributed by atoms with Gasteiger partial charge < -0.3 is 15.3 Å². The van der Waals surface area contributed by atoms with Gasteiger partial charge in [0.2, 0.25) is 0 Å². The molecule has 108 valence electrons. The summed E-state index contributed by atoms with van der Waals surface area (Å²) in [5.41, 5.74) is -0.0427. The highest BCUT2D eigenvalue weighted by molar-refractivity contribution is 4.86. The Morgan fingerprint density at radius 3 is 2.67 bits per heavy atom. The molecule has 0 saturated carbocycles. The van der Waals surface area contributed by atoms with Crippen LogP contribution in [0.1, 0.15) is 59.3 Å². The highest BCUT2D eigenvalue weighted by atomic mass is 16.3. The standard InChI is InChI=1S/C15H32N2O/c1-4-10-16-15(5-2,13-18)9-7-12-17-11-6-8-14(17)3/h14,16,18H,4-13H2,1-3H3. The summed E-state index contributed by atoms with van der Waals surface area (Å²) < 4.78 is 0. The average Bonchev–Trinajstić information content (AvgIpc) is 2.80. The summed E-state index contributed by atoms with van der Waals surface area (Å²) in [6, 6.07) is 0.763. The minimum Gasteiger partial charge on any atom is -0.394 e. The molecule has 2 N–H and O–H groups in total. The van der Waals surface area contributed by atoms with E-state index in [2.05, 4.69) is 31.0 Å². The van der Waals surface area contributed by atoms with E-state index in [-0.39, 0.29) is 12.1 Å². The molecule has 2 atom stereocenters. The Kier molecular flexibility index (Phi) is 7.20. The van der Waals surface area contributed by atoms with Gasteiger partial charge in [-0.3, -0.25) is 0 Å². The van der Waals surface area contributed by atoms with Crippen LogP contribution in [0.3, 0.4) is 0 Å². The number of nitrogens with zero attached hydrogens (tertiary/aromatic N) is 1. The highest BCUT2D eigenvalue weighted by Gasteiger charge is 2.27. The molecular weight excluding hydrogens is 224 g/mol. The Morgan fingerprint density at radius 2 is 2.17 bits per heavy atom. The number of aliphatic hydroxyl groups is 1. The molecule has 0 radical (unpaired) electrons. The predicted octanol–water partition coefficient (Wildman–Crippen LogP) is 2.39. The number of aliphatic hydroxyl groups excluding tert-OH is 1. The van der Waals surface area contributed by atoms with E-state index >= 15 is 0 Å². The van der Waals surface area contributed by atoms with Crippen molar-refractivity contribution in [2.45, 2.75) is 70.9 Å². The molecule has 1 heterocycles. The van der Waals surface area contributed by atoms with E-state index < -0.39 is 0 Å². The Balaban J connectivity index is 2.32. The first-order chi connectivity index (χ1) is 8.67. The minimum absolute atomic E-state index is 0.0427. The zero-order valence-corrected chi connectivity index (χ0v) is 12.5. The van der Waals surface area contributed by atoms with Crippen LogP contribution in [0.15, 0.2) is 0 Å². The fourth-order valence-electron chi connectivity index (χ4n) is 2.97. The van der Waals surface area contributed by atoms with Gasteiger partial charge in [0.25, 0.3) is 0 Å². The lowest BCUT2D eigenvalue weighted by Gasteiger charge is -2.33. The quantitative estimate of drug-likeness (QED) is 0.665. The molecule has 0 aromatic heterocycles. The summed E-state index contributed by atoms with van der Waals surface area (Å²) in [6.45, 7) is 10.4. The Labute approximate surface area is 113 Å². The van der Waals surface area contributed by atoms with Gasteiger partial charge in [0, 0.05) is 11.6 Å². The molecule has 0 spiro atoms. The van der Waals surface area contributed by atoms with Crippen molar-refractivity contribution in [1.29, 1.82) is 0 Å². The summed E-state index contributed by atoms with van der Waals surface area (Å²) in [7, 11) is 0. The predicted molar refractivity (Wildman–Crippen MR) is 77.9 cm³/mol. The molecule has 0 bridgehead atoms. The molecule has 18 heavy (non-hydrogen) atoms. The first-order valence-corrected chi connectivity index (χ1v) is 7.77. The van der Waals surface area contributed by atoms with Crippen molar-refractivity contribution in [3.8, 4) is 0 Å². The van der Waals surface area contributed by atoms with Crippen LogP contribution in [0.2, 0.25) is 0 Å². The normalized spacial score (nSPS) is 24.3. The fourth-order valence-corrected chi connectivity index (χ4v) is 2.97. The molecule has 1 fully saturated rings. The van der Waals surface area contributed by atoms with Gasteiger partial charge in [-0.15, -0.1) is 0 Å². The SMILES string of the molecule is CCCNC(CC)(CO)CCCN1CCCC1C. The first kappa shape index (κ1) is 15.9. The van der Waals surface area contributed by atoms with Crippen molar-refractivity contribution in [3.05, 3.63) is 0 Å². The van der Waals surface area contributed by atoms with E-state index in [9.17, 15) is 5.11 Å². The molecular formula is C15H32N2O. The maximum Gasteiger partial charge on any atom is 0.0613 e. The van der Waals surface area contributed by atoms with E-state index in [1.807, 2.05) is 0 Å². The zero-order chi connectivity index (χ0) is 13.4. The van der Waals surface area contributed by atoms with E-state index in [0.29, 0.717) is 0 Å². The van der Waals surface area contributed by atoms with Crippen molar-refractivity contribution in [3.63, 3.8) is 0 Å². The summed E-state index contributed by atoms with van der Waals surface area (Å²) >= 11 is 0. The van der Waals surface area contributed by atoms with Gasteiger partial charge >= 0.3 is 0 Å². The summed E-state index contributed by atoms with van der Waals surface area (Å²) in [4.78, 5) is 2.59. The fraction of sp³-hybridized carbons (Fsp3) is 1.00. The van der Waals surface area contributed by atoms with Crippen LogP contribution >= 0.6 is 0 Å². The van der Waals surface area contributed by atoms with Gasteiger partial charge in [-0.2, -0.15) is 0 Å². The van der Waals surface area contributed by atoms with Crippen LogP contribution in [0, 0.1) is 0 Å². The molecule has 1 aliphatic rings. The molecule has 0 aromatic carbocycles. The molecule has 0 aromatic rings. The lowest BCUT2D eigenvalue weighted by Crippen LogP contribution is -2.48. The summed E-state index contributed by atoms with van der Waals surface area (Å²) in [5.74, 6) is 0. The van der Waals surface area contributed by atoms with E-state index in [1.54, 1.807) is 0 Å². The second-order valence-corrected chi connectivity index (χ2v) is 5.85. The van der Waals surface area contributed by atoms with Crippen LogP contribution in [-0.2, 0) is 0 Å². The number of nitrogens with one attached hydrogen (secondary N) is 1. The Hall–Kier alpha value is -0.120. The van der Waals surface area contributed by atoms with Crippen molar-refractivity contribution < 1.29 is 5.11 Å². The highest BCUT2D eigenvalue weighted by Crippen LogP contribution is 2.21. The number of hydrogen-bond acceptors (Lipinski definition) is 3. The van der Waals surface area contributed by atoms with Crippen LogP contribution in [0.25, 0.3) is 0 Å². The Morgan fingerprint density at radius 1 is 1.39 bits per heavy atom. The summed E-state index contributed by atoms with van der Waals surface area (Å²) in [5, 5.41) is 13.2. The topological polar surface area (TPSA) is 35.5 Å². The molecule has 0 aliphatic carbocycles. The van der Waals surface area contributed by atoms with Crippen LogP contribution in [-0.4, -0.2) is 47.8 Å². The minimum atomic E-state index is -0.0427. The number of hydrogen-bond donors (Lipinski definition) is 2. The molecule has 3 heteroatoms. The monoisotopic (exact) mass is 256 g/mol. The Bertz CT molecular complexity index is 217. The van der Waals surface area contributed by atoms with Crippen LogP contribution in [0.4, 0.5) is 0 Å². The van der Waals surface area contributed by atoms with E-state index in [4.69, 9.17) is 0 Å². The van der Waals surface area contributed by atoms with Crippen LogP contribution < -0.4 is 5.32 Å². The maximum atomic E-state index is 9.67. The molecule has 0 amide bonds. The molecule has 1 saturated heterocycles. The van der Waals surface area contributed by atoms with Crippen molar-refractivity contribution in [2.24, 2.45) is 0 Å². The lowest BCUT2D eigenvalue weighted by molar-refractivity contribution is 0.137. The second-order valence-electron chi connectivity index (χ2n) is 5.85. The van der Waals surface area contributed by atoms with Gasteiger partial charge in [-0.25, -0.2) is 0 Å². The maximum absolute atomic E-state index is 9.67. The lowest BCUT2D eigenvalue weighted by atomic mass is 9.91. The van der Waals surface area contributed by atoms with Gasteiger partial charge in [0.15, 0.2) is 0 Å². The molecule has 3 nitrogen and oxygen atoms in total. The third-order valence-corrected chi connectivity index (χ3v) is 4.52. The van der Waals surface area contributed by atoms with Gasteiger partial charge in [-0.05, 0) is 65.1 Å². The summed E-state index contributed by atoms with van der Waals surface area (Å²) in [6.07, 6.45) is 7.13. The average molecular weight is 256 g/mol. The largest absolute Gasteiger partial charge is 0.394 e. The van der Waals surface area contributed by atoms with E-state index in [0.717, 1.165) is 31.8 Å². The van der Waals surface area contributed by atoms with Crippen molar-refractivity contribution >= 4 is 0 Å². The smallest absolute Gasteiger partial charge is 0.0613 e. The van der Waals surface area contributed by atoms with Gasteiger partial charge in [0.1, 0.15) is 0 Å². The zero-order valence-electron chi connectivity index (χ0n) is 12.5.